The zero-order valence-corrected chi connectivity index (χ0v) is 16.9. The molecule has 0 aliphatic heterocycles. The summed E-state index contributed by atoms with van der Waals surface area (Å²) in [5.74, 6) is 0.0221. The lowest BCUT2D eigenvalue weighted by Gasteiger charge is -2.11. The molecular weight excluding hydrogens is 408 g/mol. The Balaban J connectivity index is 0.00000208. The third-order valence-corrected chi connectivity index (χ3v) is 5.15. The van der Waals surface area contributed by atoms with Gasteiger partial charge in [-0.3, -0.25) is 4.79 Å². The van der Waals surface area contributed by atoms with Gasteiger partial charge in [-0.1, -0.05) is 29.0 Å². The Bertz CT molecular complexity index is 877. The Kier molecular flexibility index (Phi) is 6.01. The first-order chi connectivity index (χ1) is 11.0. The molecule has 0 radical (unpaired) electrons. The second kappa shape index (κ2) is 7.64. The molecule has 0 bridgehead atoms. The van der Waals surface area contributed by atoms with Crippen LogP contribution < -0.4 is 5.32 Å². The number of halogens is 2. The molecule has 6 heteroatoms. The van der Waals surface area contributed by atoms with Crippen molar-refractivity contribution in [2.45, 2.75) is 26.8 Å². The summed E-state index contributed by atoms with van der Waals surface area (Å²) in [5.41, 5.74) is 4.05. The first-order valence-electron chi connectivity index (χ1n) is 7.39. The number of ketones is 1. The van der Waals surface area contributed by atoms with E-state index in [-0.39, 0.29) is 28.8 Å². The molecule has 0 aliphatic carbocycles. The first kappa shape index (κ1) is 18.9. The van der Waals surface area contributed by atoms with E-state index >= 15 is 0 Å². The fourth-order valence-electron chi connectivity index (χ4n) is 2.40. The monoisotopic (exact) mass is 424 g/mol. The van der Waals surface area contributed by atoms with Crippen molar-refractivity contribution in [3.8, 4) is 0 Å². The molecule has 0 saturated carbocycles. The summed E-state index contributed by atoms with van der Waals surface area (Å²) >= 11 is 7.43. The van der Waals surface area contributed by atoms with Crippen molar-refractivity contribution >= 4 is 61.1 Å². The maximum atomic E-state index is 12.5. The van der Waals surface area contributed by atoms with Gasteiger partial charge in [-0.05, 0) is 62.2 Å². The lowest BCUT2D eigenvalue weighted by atomic mass is 10.1. The van der Waals surface area contributed by atoms with Gasteiger partial charge >= 0.3 is 0 Å². The highest BCUT2D eigenvalue weighted by molar-refractivity contribution is 8.93. The smallest absolute Gasteiger partial charge is 0.184 e. The SMILES string of the molecule is Br.Cc1ccc2sc(NC(C)C(=O)c3ccc(Cl)cc3)nc2c1C. The first-order valence-corrected chi connectivity index (χ1v) is 8.58. The molecule has 3 aromatic rings. The van der Waals surface area contributed by atoms with Crippen LogP contribution in [-0.4, -0.2) is 16.8 Å². The lowest BCUT2D eigenvalue weighted by Crippen LogP contribution is -2.26. The number of anilines is 1. The molecule has 1 aromatic heterocycles. The third kappa shape index (κ3) is 3.79. The summed E-state index contributed by atoms with van der Waals surface area (Å²) in [6.07, 6.45) is 0. The quantitative estimate of drug-likeness (QED) is 0.535. The molecule has 0 spiro atoms. The fraction of sp³-hybridized carbons (Fsp3) is 0.222. The molecule has 2 aromatic carbocycles. The van der Waals surface area contributed by atoms with Crippen molar-refractivity contribution in [2.24, 2.45) is 0 Å². The zero-order valence-electron chi connectivity index (χ0n) is 13.6. The van der Waals surface area contributed by atoms with Gasteiger partial charge < -0.3 is 5.32 Å². The highest BCUT2D eigenvalue weighted by atomic mass is 79.9. The van der Waals surface area contributed by atoms with Crippen molar-refractivity contribution < 1.29 is 4.79 Å². The minimum atomic E-state index is -0.349. The van der Waals surface area contributed by atoms with Crippen molar-refractivity contribution in [2.75, 3.05) is 5.32 Å². The molecule has 0 saturated heterocycles. The van der Waals surface area contributed by atoms with E-state index in [4.69, 9.17) is 11.6 Å². The number of aromatic nitrogens is 1. The van der Waals surface area contributed by atoms with Crippen LogP contribution in [0.5, 0.6) is 0 Å². The zero-order chi connectivity index (χ0) is 16.6. The molecule has 3 nitrogen and oxygen atoms in total. The van der Waals surface area contributed by atoms with E-state index in [1.54, 1.807) is 35.6 Å². The molecule has 0 fully saturated rings. The van der Waals surface area contributed by atoms with Crippen LogP contribution in [0.15, 0.2) is 36.4 Å². The van der Waals surface area contributed by atoms with Crippen molar-refractivity contribution in [1.29, 1.82) is 0 Å². The number of carbonyl (C=O) groups excluding carboxylic acids is 1. The van der Waals surface area contributed by atoms with E-state index in [2.05, 4.69) is 36.3 Å². The molecule has 24 heavy (non-hydrogen) atoms. The topological polar surface area (TPSA) is 42.0 Å². The Morgan fingerprint density at radius 3 is 2.50 bits per heavy atom. The van der Waals surface area contributed by atoms with E-state index < -0.39 is 0 Å². The number of nitrogens with one attached hydrogen (secondary N) is 1. The third-order valence-electron chi connectivity index (χ3n) is 3.95. The van der Waals surface area contributed by atoms with Crippen LogP contribution in [0.3, 0.4) is 0 Å². The average Bonchev–Trinajstić information content (AvgIpc) is 2.94. The van der Waals surface area contributed by atoms with Gasteiger partial charge in [0.1, 0.15) is 0 Å². The number of nitrogens with zero attached hydrogens (tertiary/aromatic N) is 1. The molecule has 1 unspecified atom stereocenters. The molecular formula is C18H18BrClN2OS. The number of rotatable bonds is 4. The van der Waals surface area contributed by atoms with Gasteiger partial charge in [0.05, 0.1) is 16.3 Å². The summed E-state index contributed by atoms with van der Waals surface area (Å²) in [5, 5.41) is 4.61. The van der Waals surface area contributed by atoms with Gasteiger partial charge in [-0.25, -0.2) is 4.98 Å². The van der Waals surface area contributed by atoms with Crippen molar-refractivity contribution in [1.82, 2.24) is 4.98 Å². The number of hydrogen-bond acceptors (Lipinski definition) is 4. The number of Topliss-reactive ketones (excluding diaryl/α,β-unsaturated/α-hetero) is 1. The number of carbonyl (C=O) groups is 1. The number of thiazole rings is 1. The molecule has 0 aliphatic rings. The Labute approximate surface area is 160 Å². The van der Waals surface area contributed by atoms with E-state index in [1.165, 1.54) is 11.1 Å². The van der Waals surface area contributed by atoms with Crippen molar-refractivity contribution in [3.63, 3.8) is 0 Å². The Morgan fingerprint density at radius 2 is 1.83 bits per heavy atom. The highest BCUT2D eigenvalue weighted by Crippen LogP contribution is 2.30. The van der Waals surface area contributed by atoms with Gasteiger partial charge in [0.25, 0.3) is 0 Å². The average molecular weight is 426 g/mol. The van der Waals surface area contributed by atoms with Crippen LogP contribution in [0.4, 0.5) is 5.13 Å². The minimum absolute atomic E-state index is 0. The van der Waals surface area contributed by atoms with Gasteiger partial charge in [0.15, 0.2) is 10.9 Å². The minimum Gasteiger partial charge on any atom is -0.352 e. The van der Waals surface area contributed by atoms with Gasteiger partial charge in [-0.15, -0.1) is 17.0 Å². The summed E-state index contributed by atoms with van der Waals surface area (Å²) in [7, 11) is 0. The Hall–Kier alpha value is -1.43. The largest absolute Gasteiger partial charge is 0.352 e. The summed E-state index contributed by atoms with van der Waals surface area (Å²) < 4.78 is 1.13. The summed E-state index contributed by atoms with van der Waals surface area (Å²) in [6, 6.07) is 10.8. The lowest BCUT2D eigenvalue weighted by molar-refractivity contribution is 0.0975. The van der Waals surface area contributed by atoms with E-state index in [0.717, 1.165) is 15.3 Å². The highest BCUT2D eigenvalue weighted by Gasteiger charge is 2.17. The molecule has 0 amide bonds. The Morgan fingerprint density at radius 1 is 1.17 bits per heavy atom. The van der Waals surface area contributed by atoms with E-state index in [0.29, 0.717) is 10.6 Å². The van der Waals surface area contributed by atoms with Crippen LogP contribution in [0, 0.1) is 13.8 Å². The molecule has 3 rings (SSSR count). The fourth-order valence-corrected chi connectivity index (χ4v) is 3.54. The maximum Gasteiger partial charge on any atom is 0.184 e. The van der Waals surface area contributed by atoms with Gasteiger partial charge in [0, 0.05) is 10.6 Å². The van der Waals surface area contributed by atoms with E-state index in [1.807, 2.05) is 6.92 Å². The number of hydrogen-bond donors (Lipinski definition) is 1. The summed E-state index contributed by atoms with van der Waals surface area (Å²) in [4.78, 5) is 17.1. The summed E-state index contributed by atoms with van der Waals surface area (Å²) in [6.45, 7) is 6.00. The normalized spacial score (nSPS) is 11.8. The van der Waals surface area contributed by atoms with Crippen LogP contribution >= 0.6 is 39.9 Å². The van der Waals surface area contributed by atoms with Crippen molar-refractivity contribution in [3.05, 3.63) is 58.1 Å². The predicted molar refractivity (Wildman–Crippen MR) is 108 cm³/mol. The molecule has 126 valence electrons. The molecule has 1 N–H and O–H groups in total. The number of fused-ring (bicyclic) bond motifs is 1. The van der Waals surface area contributed by atoms with Gasteiger partial charge in [-0.2, -0.15) is 0 Å². The second-order valence-corrected chi connectivity index (χ2v) is 7.08. The molecule has 1 heterocycles. The molecule has 1 atom stereocenters. The standard InChI is InChI=1S/C18H17ClN2OS.BrH/c1-10-4-9-15-16(11(10)2)21-18(23-15)20-12(3)17(22)13-5-7-14(19)8-6-13;/h4-9,12H,1-3H3,(H,20,21);1H. The van der Waals surface area contributed by atoms with Crippen LogP contribution in [0.25, 0.3) is 10.2 Å². The predicted octanol–water partition coefficient (Wildman–Crippen LogP) is 5.83. The number of benzene rings is 2. The van der Waals surface area contributed by atoms with E-state index in [9.17, 15) is 4.79 Å². The van der Waals surface area contributed by atoms with Gasteiger partial charge in [0.2, 0.25) is 0 Å². The van der Waals surface area contributed by atoms with Crippen LogP contribution in [0.2, 0.25) is 5.02 Å². The maximum absolute atomic E-state index is 12.5. The van der Waals surface area contributed by atoms with Crippen LogP contribution in [-0.2, 0) is 0 Å². The number of aryl methyl sites for hydroxylation is 2. The van der Waals surface area contributed by atoms with Crippen LogP contribution in [0.1, 0.15) is 28.4 Å². The second-order valence-electron chi connectivity index (χ2n) is 5.61.